The third kappa shape index (κ3) is 5.44. The number of nitrogens with zero attached hydrogens (tertiary/aromatic N) is 1. The van der Waals surface area contributed by atoms with Gasteiger partial charge in [-0.2, -0.15) is 0 Å². The van der Waals surface area contributed by atoms with Crippen molar-refractivity contribution in [3.05, 3.63) is 28.0 Å². The minimum atomic E-state index is -0.464. The summed E-state index contributed by atoms with van der Waals surface area (Å²) in [4.78, 5) is 26.9. The van der Waals surface area contributed by atoms with Crippen molar-refractivity contribution in [3.63, 3.8) is 0 Å². The van der Waals surface area contributed by atoms with Gasteiger partial charge in [-0.05, 0) is 18.1 Å². The quantitative estimate of drug-likeness (QED) is 0.816. The second kappa shape index (κ2) is 7.31. The monoisotopic (exact) mass is 303 g/mol. The fraction of sp³-hybridized carbons (Fsp3) is 0.417. The van der Waals surface area contributed by atoms with Gasteiger partial charge in [-0.15, -0.1) is 0 Å². The normalized spacial score (nSPS) is 10.4. The molecule has 104 valence electrons. The van der Waals surface area contributed by atoms with E-state index in [1.54, 1.807) is 0 Å². The Morgan fingerprint density at radius 1 is 1.26 bits per heavy atom. The van der Waals surface area contributed by atoms with E-state index < -0.39 is 5.91 Å². The van der Waals surface area contributed by atoms with Crippen molar-refractivity contribution >= 4 is 35.0 Å². The summed E-state index contributed by atoms with van der Waals surface area (Å²) in [5, 5.41) is 5.37. The smallest absolute Gasteiger partial charge is 0.254 e. The Labute approximate surface area is 121 Å². The highest BCUT2D eigenvalue weighted by atomic mass is 35.5. The van der Waals surface area contributed by atoms with E-state index in [9.17, 15) is 9.59 Å². The maximum Gasteiger partial charge on any atom is 0.254 e. The zero-order valence-corrected chi connectivity index (χ0v) is 12.2. The lowest BCUT2D eigenvalue weighted by atomic mass is 10.2. The van der Waals surface area contributed by atoms with E-state index in [-0.39, 0.29) is 28.3 Å². The summed E-state index contributed by atoms with van der Waals surface area (Å²) in [6.45, 7) is 4.43. The lowest BCUT2D eigenvalue weighted by Crippen LogP contribution is -2.38. The molecule has 0 bridgehead atoms. The molecule has 0 aliphatic rings. The highest BCUT2D eigenvalue weighted by Crippen LogP contribution is 2.16. The summed E-state index contributed by atoms with van der Waals surface area (Å²) < 4.78 is 0. The molecular formula is C12H15Cl2N3O2. The third-order valence-corrected chi connectivity index (χ3v) is 2.67. The van der Waals surface area contributed by atoms with Gasteiger partial charge in [0.15, 0.2) is 0 Å². The van der Waals surface area contributed by atoms with Crippen LogP contribution in [0.4, 0.5) is 0 Å². The van der Waals surface area contributed by atoms with Gasteiger partial charge in [-0.3, -0.25) is 9.59 Å². The molecule has 0 atom stereocenters. The van der Waals surface area contributed by atoms with Crippen LogP contribution in [0.3, 0.4) is 0 Å². The molecule has 5 nitrogen and oxygen atoms in total. The van der Waals surface area contributed by atoms with Gasteiger partial charge in [-0.25, -0.2) is 4.98 Å². The molecule has 1 rings (SSSR count). The van der Waals surface area contributed by atoms with Crippen molar-refractivity contribution in [1.82, 2.24) is 15.6 Å². The Balaban J connectivity index is 2.49. The summed E-state index contributed by atoms with van der Waals surface area (Å²) in [6.07, 6.45) is 0. The molecular weight excluding hydrogens is 289 g/mol. The number of amides is 2. The fourth-order valence-electron chi connectivity index (χ4n) is 1.22. The predicted octanol–water partition coefficient (Wildman–Crippen LogP) is 1.89. The van der Waals surface area contributed by atoms with Gasteiger partial charge in [0, 0.05) is 6.54 Å². The highest BCUT2D eigenvalue weighted by Gasteiger charge is 2.13. The number of halogens is 2. The lowest BCUT2D eigenvalue weighted by molar-refractivity contribution is -0.120. The zero-order valence-electron chi connectivity index (χ0n) is 10.7. The first-order valence-corrected chi connectivity index (χ1v) is 6.52. The van der Waals surface area contributed by atoms with Crippen LogP contribution in [0.5, 0.6) is 0 Å². The zero-order chi connectivity index (χ0) is 14.4. The number of carbonyl (C=O) groups is 2. The minimum absolute atomic E-state index is 0.00703. The SMILES string of the molecule is CC(C)CNC(=O)CNC(=O)c1ccc(Cl)nc1Cl. The highest BCUT2D eigenvalue weighted by molar-refractivity contribution is 6.34. The summed E-state index contributed by atoms with van der Waals surface area (Å²) in [5.74, 6) is -0.358. The first-order valence-electron chi connectivity index (χ1n) is 5.77. The molecule has 0 aliphatic carbocycles. The molecule has 0 radical (unpaired) electrons. The minimum Gasteiger partial charge on any atom is -0.354 e. The van der Waals surface area contributed by atoms with Crippen LogP contribution < -0.4 is 10.6 Å². The van der Waals surface area contributed by atoms with Crippen LogP contribution in [-0.2, 0) is 4.79 Å². The standard InChI is InChI=1S/C12H15Cl2N3O2/c1-7(2)5-15-10(18)6-16-12(19)8-3-4-9(13)17-11(8)14/h3-4,7H,5-6H2,1-2H3,(H,15,18)(H,16,19). The molecule has 0 saturated carbocycles. The van der Waals surface area contributed by atoms with E-state index in [2.05, 4.69) is 15.6 Å². The number of pyridine rings is 1. The average molecular weight is 304 g/mol. The van der Waals surface area contributed by atoms with Crippen LogP contribution in [-0.4, -0.2) is 29.9 Å². The van der Waals surface area contributed by atoms with Crippen molar-refractivity contribution in [2.24, 2.45) is 5.92 Å². The summed E-state index contributed by atoms with van der Waals surface area (Å²) in [7, 11) is 0. The van der Waals surface area contributed by atoms with E-state index in [4.69, 9.17) is 23.2 Å². The Hall–Kier alpha value is -1.33. The maximum atomic E-state index is 11.8. The van der Waals surface area contributed by atoms with E-state index in [0.29, 0.717) is 12.5 Å². The number of carbonyl (C=O) groups excluding carboxylic acids is 2. The molecule has 0 aliphatic heterocycles. The van der Waals surface area contributed by atoms with Crippen LogP contribution in [0.2, 0.25) is 10.3 Å². The van der Waals surface area contributed by atoms with Gasteiger partial charge < -0.3 is 10.6 Å². The van der Waals surface area contributed by atoms with E-state index in [0.717, 1.165) is 0 Å². The molecule has 0 aromatic carbocycles. The van der Waals surface area contributed by atoms with E-state index >= 15 is 0 Å². The molecule has 0 unspecified atom stereocenters. The van der Waals surface area contributed by atoms with Crippen molar-refractivity contribution in [2.75, 3.05) is 13.1 Å². The summed E-state index contributed by atoms with van der Waals surface area (Å²) in [6, 6.07) is 2.92. The van der Waals surface area contributed by atoms with Crippen LogP contribution >= 0.6 is 23.2 Å². The second-order valence-electron chi connectivity index (χ2n) is 4.35. The third-order valence-electron chi connectivity index (χ3n) is 2.18. The van der Waals surface area contributed by atoms with E-state index in [1.165, 1.54) is 12.1 Å². The molecule has 2 amide bonds. The van der Waals surface area contributed by atoms with Gasteiger partial charge in [0.2, 0.25) is 5.91 Å². The van der Waals surface area contributed by atoms with Gasteiger partial charge >= 0.3 is 0 Å². The molecule has 0 saturated heterocycles. The number of hydrogen-bond donors (Lipinski definition) is 2. The fourth-order valence-corrected chi connectivity index (χ4v) is 1.65. The molecule has 7 heteroatoms. The number of rotatable bonds is 5. The Bertz CT molecular complexity index is 478. The Morgan fingerprint density at radius 2 is 1.95 bits per heavy atom. The molecule has 1 aromatic heterocycles. The molecule has 2 N–H and O–H groups in total. The second-order valence-corrected chi connectivity index (χ2v) is 5.10. The largest absolute Gasteiger partial charge is 0.354 e. The van der Waals surface area contributed by atoms with Crippen molar-refractivity contribution in [2.45, 2.75) is 13.8 Å². The van der Waals surface area contributed by atoms with Crippen LogP contribution in [0, 0.1) is 5.92 Å². The number of hydrogen-bond acceptors (Lipinski definition) is 3. The van der Waals surface area contributed by atoms with Crippen molar-refractivity contribution in [3.8, 4) is 0 Å². The van der Waals surface area contributed by atoms with Crippen molar-refractivity contribution in [1.29, 1.82) is 0 Å². The first-order chi connectivity index (χ1) is 8.90. The van der Waals surface area contributed by atoms with Crippen LogP contribution in [0.15, 0.2) is 12.1 Å². The van der Waals surface area contributed by atoms with Gasteiger partial charge in [0.1, 0.15) is 10.3 Å². The average Bonchev–Trinajstić information content (AvgIpc) is 2.33. The topological polar surface area (TPSA) is 71.1 Å². The maximum absolute atomic E-state index is 11.8. The Kier molecular flexibility index (Phi) is 6.05. The molecule has 0 spiro atoms. The number of aromatic nitrogens is 1. The Morgan fingerprint density at radius 3 is 2.53 bits per heavy atom. The molecule has 0 fully saturated rings. The van der Waals surface area contributed by atoms with Crippen molar-refractivity contribution < 1.29 is 9.59 Å². The number of nitrogens with one attached hydrogen (secondary N) is 2. The molecule has 19 heavy (non-hydrogen) atoms. The van der Waals surface area contributed by atoms with E-state index in [1.807, 2.05) is 13.8 Å². The van der Waals surface area contributed by atoms with Gasteiger partial charge in [0.25, 0.3) is 5.91 Å². The summed E-state index contributed by atoms with van der Waals surface area (Å²) in [5.41, 5.74) is 0.183. The predicted molar refractivity (Wildman–Crippen MR) is 74.4 cm³/mol. The first kappa shape index (κ1) is 15.7. The summed E-state index contributed by atoms with van der Waals surface area (Å²) >= 11 is 11.4. The lowest BCUT2D eigenvalue weighted by Gasteiger charge is -2.09. The van der Waals surface area contributed by atoms with Gasteiger partial charge in [-0.1, -0.05) is 37.0 Å². The molecule has 1 heterocycles. The molecule has 1 aromatic rings. The van der Waals surface area contributed by atoms with Gasteiger partial charge in [0.05, 0.1) is 12.1 Å². The van der Waals surface area contributed by atoms with Crippen LogP contribution in [0.1, 0.15) is 24.2 Å². The van der Waals surface area contributed by atoms with Crippen LogP contribution in [0.25, 0.3) is 0 Å².